The minimum absolute atomic E-state index is 0.442. The van der Waals surface area contributed by atoms with Gasteiger partial charge in [0.2, 0.25) is 0 Å². The van der Waals surface area contributed by atoms with Crippen LogP contribution in [0, 0.1) is 0 Å². The smallest absolute Gasteiger partial charge is 0.335 e. The zero-order chi connectivity index (χ0) is 27.0. The zero-order valence-corrected chi connectivity index (χ0v) is 21.7. The summed E-state index contributed by atoms with van der Waals surface area (Å²) in [6.45, 7) is 0.884. The first-order chi connectivity index (χ1) is 18.5. The number of amides is 4. The van der Waals surface area contributed by atoms with Gasteiger partial charge in [-0.25, -0.2) is 19.6 Å². The maximum Gasteiger partial charge on any atom is 0.335 e. The number of nitrogens with two attached hydrogens (primary N) is 2. The van der Waals surface area contributed by atoms with E-state index >= 15 is 0 Å². The van der Waals surface area contributed by atoms with Crippen molar-refractivity contribution in [2.75, 3.05) is 13.1 Å². The molecule has 38 heavy (non-hydrogen) atoms. The van der Waals surface area contributed by atoms with Crippen LogP contribution in [0.4, 0.5) is 9.59 Å². The van der Waals surface area contributed by atoms with Crippen LogP contribution in [0.2, 0.25) is 0 Å². The van der Waals surface area contributed by atoms with E-state index in [2.05, 4.69) is 34.5 Å². The van der Waals surface area contributed by atoms with E-state index in [0.717, 1.165) is 49.7 Å². The van der Waals surface area contributed by atoms with Crippen LogP contribution >= 0.6 is 0 Å². The third kappa shape index (κ3) is 10.3. The van der Waals surface area contributed by atoms with E-state index in [1.807, 2.05) is 60.7 Å². The minimum atomic E-state index is -0.594. The van der Waals surface area contributed by atoms with Gasteiger partial charge in [-0.15, -0.1) is 0 Å². The Morgan fingerprint density at radius 3 is 1.42 bits per heavy atom. The van der Waals surface area contributed by atoms with Gasteiger partial charge < -0.3 is 11.5 Å². The van der Waals surface area contributed by atoms with Gasteiger partial charge in [-0.3, -0.25) is 0 Å². The molecule has 198 valence electrons. The fraction of sp³-hybridized carbons (Fsp3) is 0.267. The Morgan fingerprint density at radius 1 is 0.605 bits per heavy atom. The van der Waals surface area contributed by atoms with E-state index in [1.165, 1.54) is 21.1 Å². The Hall–Kier alpha value is -4.46. The highest BCUT2D eigenvalue weighted by molar-refractivity contribution is 5.87. The molecule has 0 spiro atoms. The van der Waals surface area contributed by atoms with Crippen LogP contribution in [0.5, 0.6) is 0 Å². The number of rotatable bonds is 14. The minimum Gasteiger partial charge on any atom is -0.350 e. The normalized spacial score (nSPS) is 11.2. The number of aryl methyl sites for hydroxylation is 2. The molecule has 8 nitrogen and oxygen atoms in total. The number of nitrogens with zero attached hydrogens (tertiary/aromatic N) is 4. The molecule has 4 amide bonds. The number of benzene rings is 3. The van der Waals surface area contributed by atoms with Gasteiger partial charge >= 0.3 is 12.1 Å². The number of hydrogen-bond donors (Lipinski definition) is 2. The summed E-state index contributed by atoms with van der Waals surface area (Å²) in [7, 11) is 0. The number of carbonyl (C=O) groups is 2. The van der Waals surface area contributed by atoms with Crippen LogP contribution in [0.25, 0.3) is 0 Å². The van der Waals surface area contributed by atoms with Crippen molar-refractivity contribution in [3.05, 3.63) is 107 Å². The van der Waals surface area contributed by atoms with Crippen molar-refractivity contribution in [2.24, 2.45) is 21.7 Å². The largest absolute Gasteiger partial charge is 0.350 e. The Morgan fingerprint density at radius 2 is 1.03 bits per heavy atom. The molecule has 3 aromatic rings. The second kappa shape index (κ2) is 15.6. The fourth-order valence-corrected chi connectivity index (χ4v) is 3.91. The molecule has 3 aromatic carbocycles. The Balaban J connectivity index is 1.50. The van der Waals surface area contributed by atoms with Crippen LogP contribution in [-0.4, -0.2) is 47.6 Å². The molecule has 0 aliphatic rings. The van der Waals surface area contributed by atoms with Crippen molar-refractivity contribution in [3.63, 3.8) is 0 Å². The Bertz CT molecular complexity index is 1110. The molecule has 0 heterocycles. The molecule has 0 aliphatic heterocycles. The highest BCUT2D eigenvalue weighted by atomic mass is 16.2. The second-order valence-corrected chi connectivity index (χ2v) is 8.97. The van der Waals surface area contributed by atoms with Gasteiger partial charge in [0.1, 0.15) is 0 Å². The highest BCUT2D eigenvalue weighted by Crippen LogP contribution is 2.08. The molecule has 8 heteroatoms. The molecule has 0 atom stereocenters. The molecular formula is C30H36N6O2. The third-order valence-corrected chi connectivity index (χ3v) is 5.97. The molecule has 3 rings (SSSR count). The molecule has 0 unspecified atom stereocenters. The summed E-state index contributed by atoms with van der Waals surface area (Å²) in [6.07, 6.45) is 8.49. The van der Waals surface area contributed by atoms with Crippen molar-refractivity contribution in [3.8, 4) is 0 Å². The average Bonchev–Trinajstić information content (AvgIpc) is 2.93. The maximum absolute atomic E-state index is 11.8. The summed E-state index contributed by atoms with van der Waals surface area (Å²) in [5, 5.41) is 11.1. The lowest BCUT2D eigenvalue weighted by Gasteiger charge is -2.14. The molecule has 4 N–H and O–H groups in total. The van der Waals surface area contributed by atoms with E-state index in [4.69, 9.17) is 11.5 Å². The van der Waals surface area contributed by atoms with Crippen molar-refractivity contribution >= 4 is 24.5 Å². The van der Waals surface area contributed by atoms with Gasteiger partial charge in [-0.1, -0.05) is 78.9 Å². The predicted molar refractivity (Wildman–Crippen MR) is 153 cm³/mol. The van der Waals surface area contributed by atoms with Crippen LogP contribution in [-0.2, 0) is 12.8 Å². The third-order valence-electron chi connectivity index (χ3n) is 5.97. The lowest BCUT2D eigenvalue weighted by atomic mass is 10.1. The molecule has 0 aliphatic carbocycles. The van der Waals surface area contributed by atoms with Gasteiger partial charge in [-0.2, -0.15) is 10.2 Å². The molecule has 0 radical (unpaired) electrons. The molecule has 0 fully saturated rings. The van der Waals surface area contributed by atoms with Gasteiger partial charge in [0.15, 0.2) is 0 Å². The summed E-state index contributed by atoms with van der Waals surface area (Å²) in [4.78, 5) is 23.7. The standard InChI is InChI=1S/C30H36N6O2/c31-29(37)35(20-9-7-16-25-12-3-1-4-13-25)33-23-27-18-11-19-28(22-27)24-34-36(30(32)38)21-10-8-17-26-14-5-2-6-15-26/h1-6,11-15,18-19,22-24H,7-10,16-17,20-21H2,(H2,31,37)(H2,32,38)/b33-23+,34-24+. The van der Waals surface area contributed by atoms with Gasteiger partial charge in [0.05, 0.1) is 12.4 Å². The van der Waals surface area contributed by atoms with Crippen LogP contribution < -0.4 is 11.5 Å². The van der Waals surface area contributed by atoms with Crippen LogP contribution in [0.1, 0.15) is 47.9 Å². The first-order valence-corrected chi connectivity index (χ1v) is 12.9. The molecule has 0 saturated heterocycles. The van der Waals surface area contributed by atoms with E-state index < -0.39 is 12.1 Å². The monoisotopic (exact) mass is 512 g/mol. The van der Waals surface area contributed by atoms with Crippen molar-refractivity contribution in [2.45, 2.75) is 38.5 Å². The highest BCUT2D eigenvalue weighted by Gasteiger charge is 2.08. The van der Waals surface area contributed by atoms with Gasteiger partial charge in [0, 0.05) is 13.1 Å². The summed E-state index contributed by atoms with van der Waals surface area (Å²) < 4.78 is 0. The first kappa shape index (κ1) is 28.1. The Labute approximate surface area is 224 Å². The van der Waals surface area contributed by atoms with Crippen molar-refractivity contribution in [1.82, 2.24) is 10.0 Å². The number of unbranched alkanes of at least 4 members (excludes halogenated alkanes) is 2. The molecule has 0 aromatic heterocycles. The van der Waals surface area contributed by atoms with E-state index in [9.17, 15) is 9.59 Å². The van der Waals surface area contributed by atoms with E-state index in [-0.39, 0.29) is 0 Å². The van der Waals surface area contributed by atoms with Crippen LogP contribution in [0.3, 0.4) is 0 Å². The van der Waals surface area contributed by atoms with Crippen LogP contribution in [0.15, 0.2) is 95.1 Å². The zero-order valence-electron chi connectivity index (χ0n) is 21.7. The first-order valence-electron chi connectivity index (χ1n) is 12.9. The van der Waals surface area contributed by atoms with Crippen molar-refractivity contribution < 1.29 is 9.59 Å². The summed E-state index contributed by atoms with van der Waals surface area (Å²) in [6, 6.07) is 26.7. The van der Waals surface area contributed by atoms with E-state index in [0.29, 0.717) is 13.1 Å². The summed E-state index contributed by atoms with van der Waals surface area (Å²) in [5.41, 5.74) is 15.1. The molecular weight excluding hydrogens is 476 g/mol. The predicted octanol–water partition coefficient (Wildman–Crippen LogP) is 5.16. The number of urea groups is 2. The quantitative estimate of drug-likeness (QED) is 0.176. The number of carbonyl (C=O) groups excluding carboxylic acids is 2. The van der Waals surface area contributed by atoms with Gasteiger partial charge in [0.25, 0.3) is 0 Å². The van der Waals surface area contributed by atoms with E-state index in [1.54, 1.807) is 12.4 Å². The summed E-state index contributed by atoms with van der Waals surface area (Å²) in [5.74, 6) is 0. The Kier molecular flexibility index (Phi) is 11.5. The maximum atomic E-state index is 11.8. The topological polar surface area (TPSA) is 117 Å². The molecule has 0 bridgehead atoms. The molecule has 0 saturated carbocycles. The fourth-order valence-electron chi connectivity index (χ4n) is 3.91. The number of hydrazone groups is 2. The van der Waals surface area contributed by atoms with Crippen molar-refractivity contribution in [1.29, 1.82) is 0 Å². The number of primary amides is 2. The lowest BCUT2D eigenvalue weighted by molar-refractivity contribution is 0.208. The summed E-state index contributed by atoms with van der Waals surface area (Å²) >= 11 is 0. The SMILES string of the molecule is NC(=O)N(CCCCc1ccccc1)/N=C/c1cccc(/C=N/N(CCCCc2ccccc2)C(N)=O)c1. The van der Waals surface area contributed by atoms with Gasteiger partial charge in [-0.05, 0) is 66.8 Å². The second-order valence-electron chi connectivity index (χ2n) is 8.97. The lowest BCUT2D eigenvalue weighted by Crippen LogP contribution is -2.32. The average molecular weight is 513 g/mol. The number of hydrogen-bond acceptors (Lipinski definition) is 4.